The number of ketones is 1. The molecule has 4 nitrogen and oxygen atoms in total. The van der Waals surface area contributed by atoms with Gasteiger partial charge in [0.1, 0.15) is 0 Å². The Labute approximate surface area is 237 Å². The normalized spacial score (nSPS) is 32.5. The summed E-state index contributed by atoms with van der Waals surface area (Å²) < 4.78 is 6.02. The van der Waals surface area contributed by atoms with Crippen LogP contribution in [0.4, 0.5) is 5.69 Å². The lowest BCUT2D eigenvalue weighted by atomic mass is 9.49. The molecule has 0 unspecified atom stereocenters. The summed E-state index contributed by atoms with van der Waals surface area (Å²) in [6.45, 7) is 4.51. The second-order valence-electron chi connectivity index (χ2n) is 10.6. The first-order chi connectivity index (χ1) is 15.8. The molecule has 1 N–H and O–H groups in total. The highest BCUT2D eigenvalue weighted by Gasteiger charge is 2.61. The number of carbonyl (C=O) groups excluding carboxylic acids is 1. The Morgan fingerprint density at radius 2 is 1.75 bits per heavy atom. The molecule has 0 spiro atoms. The quantitative estimate of drug-likeness (QED) is 0.509. The van der Waals surface area contributed by atoms with Crippen molar-refractivity contribution in [3.63, 3.8) is 0 Å². The van der Waals surface area contributed by atoms with E-state index in [0.717, 1.165) is 32.1 Å². The van der Waals surface area contributed by atoms with Gasteiger partial charge in [-0.05, 0) is 91.7 Å². The molecule has 5 rings (SSSR count). The number of aliphatic hydroxyl groups is 1. The summed E-state index contributed by atoms with van der Waals surface area (Å²) in [4.78, 5) is 14.3. The van der Waals surface area contributed by atoms with Crippen LogP contribution in [0.5, 0.6) is 0 Å². The van der Waals surface area contributed by atoms with E-state index in [4.69, 9.17) is 4.74 Å². The van der Waals surface area contributed by atoms with Crippen molar-refractivity contribution in [3.05, 3.63) is 52.6 Å². The number of ether oxygens (including phenoxy) is 1. The molecular weight excluding hydrogens is 507 g/mol. The van der Waals surface area contributed by atoms with Crippen LogP contribution in [0.2, 0.25) is 0 Å². The van der Waals surface area contributed by atoms with Gasteiger partial charge in [0.15, 0.2) is 5.78 Å². The van der Waals surface area contributed by atoms with Crippen LogP contribution in [0.25, 0.3) is 0 Å². The Morgan fingerprint density at radius 1 is 1.06 bits per heavy atom. The maximum atomic E-state index is 12.2. The first kappa shape index (κ1) is 30.9. The average Bonchev–Trinajstić information content (AvgIpc) is 2.79. The topological polar surface area (TPSA) is 49.8 Å². The molecule has 0 radical (unpaired) electrons. The summed E-state index contributed by atoms with van der Waals surface area (Å²) in [7, 11) is 4.12. The van der Waals surface area contributed by atoms with Crippen LogP contribution in [0, 0.1) is 29.1 Å². The number of carbonyl (C=O) groups is 1. The minimum Gasteiger partial charge on any atom is -0.378 e. The van der Waals surface area contributed by atoms with Gasteiger partial charge < -0.3 is 14.7 Å². The summed E-state index contributed by atoms with van der Waals surface area (Å²) in [5, 5.41) is 11.7. The minimum atomic E-state index is -1.43. The largest absolute Gasteiger partial charge is 0.378 e. The van der Waals surface area contributed by atoms with Crippen LogP contribution in [0.15, 0.2) is 47.1 Å². The maximum Gasteiger partial charge on any atom is 0.236 e. The molecule has 198 valence electrons. The number of benzene rings is 1. The fourth-order valence-electron chi connectivity index (χ4n) is 7.08. The van der Waals surface area contributed by atoms with E-state index < -0.39 is 11.2 Å². The van der Waals surface area contributed by atoms with Crippen molar-refractivity contribution in [3.8, 4) is 11.8 Å². The van der Waals surface area contributed by atoms with Gasteiger partial charge in [-0.2, -0.15) is 40.5 Å². The Morgan fingerprint density at radius 3 is 2.39 bits per heavy atom. The Bertz CT molecular complexity index is 1100. The summed E-state index contributed by atoms with van der Waals surface area (Å²) in [5.74, 6) is 5.72. The molecule has 2 fully saturated rings. The highest BCUT2D eigenvalue weighted by atomic mass is 32.1. The maximum absolute atomic E-state index is 12.2. The smallest absolute Gasteiger partial charge is 0.236 e. The lowest BCUT2D eigenvalue weighted by molar-refractivity contribution is -0.285. The number of allylic oxidation sites excluding steroid dienone is 4. The van der Waals surface area contributed by atoms with E-state index in [0.29, 0.717) is 24.9 Å². The van der Waals surface area contributed by atoms with Gasteiger partial charge in [-0.15, -0.1) is 5.92 Å². The van der Waals surface area contributed by atoms with Crippen LogP contribution in [-0.2, 0) is 9.53 Å². The van der Waals surface area contributed by atoms with Gasteiger partial charge in [0.2, 0.25) is 5.79 Å². The fraction of sp³-hybridized carbons (Fsp3) is 0.552. The molecule has 1 heterocycles. The summed E-state index contributed by atoms with van der Waals surface area (Å²) in [5.41, 5.74) is 6.20. The highest BCUT2D eigenvalue weighted by Crippen LogP contribution is 2.64. The van der Waals surface area contributed by atoms with Crippen LogP contribution >= 0.6 is 40.5 Å². The SMILES string of the molecule is CC#C[C@]1(O)OCC[C@H]2[C@@H]3CCC4=CC(=O)CCC4=C3[C@@H](c3ccc(N(C)C)cc3)C[C@@]21C.S.S.S. The van der Waals surface area contributed by atoms with Gasteiger partial charge in [-0.25, -0.2) is 0 Å². The lowest BCUT2D eigenvalue weighted by Crippen LogP contribution is -2.60. The molecule has 1 aromatic rings. The van der Waals surface area contributed by atoms with Gasteiger partial charge in [0.05, 0.1) is 6.61 Å². The molecule has 36 heavy (non-hydrogen) atoms. The molecule has 1 saturated carbocycles. The van der Waals surface area contributed by atoms with Crippen LogP contribution in [0.3, 0.4) is 0 Å². The van der Waals surface area contributed by atoms with Crippen molar-refractivity contribution in [2.45, 2.75) is 64.1 Å². The molecule has 1 saturated heterocycles. The van der Waals surface area contributed by atoms with E-state index in [-0.39, 0.29) is 52.2 Å². The number of hydrogen-bond acceptors (Lipinski definition) is 4. The fourth-order valence-corrected chi connectivity index (χ4v) is 7.08. The minimum absolute atomic E-state index is 0. The molecular formula is C29H41NO3S3. The van der Waals surface area contributed by atoms with Gasteiger partial charge in [0.25, 0.3) is 0 Å². The van der Waals surface area contributed by atoms with Crippen LogP contribution in [-0.4, -0.2) is 37.4 Å². The van der Waals surface area contributed by atoms with Gasteiger partial charge in [-0.1, -0.05) is 24.6 Å². The Kier molecular flexibility index (Phi) is 9.98. The molecule has 5 atom stereocenters. The van der Waals surface area contributed by atoms with E-state index in [1.54, 1.807) is 6.92 Å². The molecule has 0 amide bonds. The average molecular weight is 548 g/mol. The van der Waals surface area contributed by atoms with Crippen molar-refractivity contribution in [2.75, 3.05) is 25.6 Å². The third-order valence-electron chi connectivity index (χ3n) is 8.74. The number of anilines is 1. The first-order valence-corrected chi connectivity index (χ1v) is 12.3. The molecule has 1 aromatic carbocycles. The highest BCUT2D eigenvalue weighted by molar-refractivity contribution is 7.59. The number of hydrogen-bond donors (Lipinski definition) is 1. The second kappa shape index (κ2) is 11.6. The molecule has 7 heteroatoms. The molecule has 1 aliphatic heterocycles. The molecule has 0 aromatic heterocycles. The Balaban J connectivity index is 0.00000152. The van der Waals surface area contributed by atoms with E-state index in [9.17, 15) is 9.90 Å². The van der Waals surface area contributed by atoms with Gasteiger partial charge in [-0.3, -0.25) is 4.79 Å². The van der Waals surface area contributed by atoms with Crippen molar-refractivity contribution >= 4 is 52.0 Å². The first-order valence-electron chi connectivity index (χ1n) is 12.3. The van der Waals surface area contributed by atoms with E-state index in [1.807, 2.05) is 6.08 Å². The third kappa shape index (κ3) is 4.92. The molecule has 3 aliphatic carbocycles. The zero-order chi connectivity index (χ0) is 23.4. The van der Waals surface area contributed by atoms with E-state index in [2.05, 4.69) is 62.0 Å². The summed E-state index contributed by atoms with van der Waals surface area (Å²) in [6, 6.07) is 8.86. The number of fused-ring (bicyclic) bond motifs is 4. The lowest BCUT2D eigenvalue weighted by Gasteiger charge is -2.59. The van der Waals surface area contributed by atoms with Crippen molar-refractivity contribution in [2.24, 2.45) is 17.3 Å². The van der Waals surface area contributed by atoms with Gasteiger partial charge >= 0.3 is 0 Å². The van der Waals surface area contributed by atoms with E-state index >= 15 is 0 Å². The van der Waals surface area contributed by atoms with Crippen molar-refractivity contribution in [1.82, 2.24) is 0 Å². The standard InChI is InChI=1S/C29H35NO3.3H2S/c1-5-15-29(32)28(2)18-25(19-6-9-21(10-7-19)30(3)4)27-23-13-11-22(31)17-20(23)8-12-24(27)26(28)14-16-33-29;;;/h6-7,9-10,17,24-26,32H,8,11-14,16,18H2,1-4H3;3*1H2/t24-,25+,26-,28-,29-;;;/m0.../s1. The number of rotatable bonds is 2. The molecule has 4 aliphatic rings. The van der Waals surface area contributed by atoms with Crippen molar-refractivity contribution in [1.29, 1.82) is 0 Å². The number of nitrogens with zero attached hydrogens (tertiary/aromatic N) is 1. The van der Waals surface area contributed by atoms with Crippen LogP contribution < -0.4 is 4.90 Å². The monoisotopic (exact) mass is 547 g/mol. The second-order valence-corrected chi connectivity index (χ2v) is 10.6. The summed E-state index contributed by atoms with van der Waals surface area (Å²) >= 11 is 0. The predicted molar refractivity (Wildman–Crippen MR) is 162 cm³/mol. The van der Waals surface area contributed by atoms with Crippen molar-refractivity contribution < 1.29 is 14.6 Å². The summed E-state index contributed by atoms with van der Waals surface area (Å²) in [6.07, 6.45) is 7.08. The zero-order valence-corrected chi connectivity index (χ0v) is 24.8. The van der Waals surface area contributed by atoms with Gasteiger partial charge in [0, 0.05) is 37.5 Å². The predicted octanol–water partition coefficient (Wildman–Crippen LogP) is 5.33. The molecule has 0 bridgehead atoms. The van der Waals surface area contributed by atoms with Crippen LogP contribution in [0.1, 0.15) is 63.9 Å². The zero-order valence-electron chi connectivity index (χ0n) is 21.8. The van der Waals surface area contributed by atoms with E-state index in [1.165, 1.54) is 28.0 Å². The third-order valence-corrected chi connectivity index (χ3v) is 8.74. The Hall–Kier alpha value is -1.30.